The first-order chi connectivity index (χ1) is 7.36. The van der Waals surface area contributed by atoms with E-state index in [1.807, 2.05) is 0 Å². The highest BCUT2D eigenvalue weighted by Gasteiger charge is 2.35. The zero-order chi connectivity index (χ0) is 12.3. The number of alkyl halides is 3. The van der Waals surface area contributed by atoms with Gasteiger partial charge in [0.05, 0.1) is 11.7 Å². The number of aliphatic hydroxyl groups is 1. The van der Waals surface area contributed by atoms with Crippen molar-refractivity contribution in [2.75, 3.05) is 0 Å². The zero-order valence-electron chi connectivity index (χ0n) is 8.68. The second kappa shape index (κ2) is 4.82. The van der Waals surface area contributed by atoms with Crippen LogP contribution in [0.25, 0.3) is 0 Å². The van der Waals surface area contributed by atoms with Crippen LogP contribution in [0.4, 0.5) is 17.6 Å². The Labute approximate surface area is 90.7 Å². The number of hydrogen-bond donors (Lipinski definition) is 1. The zero-order valence-corrected chi connectivity index (χ0v) is 8.68. The van der Waals surface area contributed by atoms with Crippen LogP contribution in [0, 0.1) is 5.82 Å². The summed E-state index contributed by atoms with van der Waals surface area (Å²) in [5, 5.41) is 9.53. The molecule has 0 aliphatic heterocycles. The largest absolute Gasteiger partial charge is 0.416 e. The Kier molecular flexibility index (Phi) is 3.91. The van der Waals surface area contributed by atoms with Crippen molar-refractivity contribution in [2.24, 2.45) is 0 Å². The van der Waals surface area contributed by atoms with Gasteiger partial charge in [-0.2, -0.15) is 13.2 Å². The summed E-state index contributed by atoms with van der Waals surface area (Å²) in [5.74, 6) is -0.959. The topological polar surface area (TPSA) is 20.2 Å². The molecule has 0 heterocycles. The third-order valence-electron chi connectivity index (χ3n) is 2.24. The molecule has 0 saturated heterocycles. The Bertz CT molecular complexity index is 359. The summed E-state index contributed by atoms with van der Waals surface area (Å²) >= 11 is 0. The van der Waals surface area contributed by atoms with E-state index in [1.54, 1.807) is 6.92 Å². The van der Waals surface area contributed by atoms with Crippen LogP contribution in [0.5, 0.6) is 0 Å². The molecule has 1 atom stereocenters. The second-order valence-corrected chi connectivity index (χ2v) is 3.53. The molecule has 90 valence electrons. The Morgan fingerprint density at radius 2 is 1.94 bits per heavy atom. The summed E-state index contributed by atoms with van der Waals surface area (Å²) in [6, 6.07) is 2.32. The molecule has 0 aliphatic carbocycles. The van der Waals surface area contributed by atoms with Crippen molar-refractivity contribution < 1.29 is 22.7 Å². The lowest BCUT2D eigenvalue weighted by atomic mass is 9.99. The van der Waals surface area contributed by atoms with E-state index in [-0.39, 0.29) is 12.0 Å². The summed E-state index contributed by atoms with van der Waals surface area (Å²) in [6.45, 7) is 1.75. The van der Waals surface area contributed by atoms with Gasteiger partial charge in [-0.15, -0.1) is 0 Å². The molecule has 1 unspecified atom stereocenters. The van der Waals surface area contributed by atoms with E-state index in [1.165, 1.54) is 0 Å². The second-order valence-electron chi connectivity index (χ2n) is 3.53. The first kappa shape index (κ1) is 13.0. The molecule has 1 N–H and O–H groups in total. The maximum absolute atomic E-state index is 12.7. The molecule has 16 heavy (non-hydrogen) atoms. The fourth-order valence-electron chi connectivity index (χ4n) is 1.49. The van der Waals surface area contributed by atoms with Gasteiger partial charge in [-0.05, 0) is 24.1 Å². The minimum atomic E-state index is -4.65. The highest BCUT2D eigenvalue weighted by Crippen LogP contribution is 2.36. The highest BCUT2D eigenvalue weighted by atomic mass is 19.4. The van der Waals surface area contributed by atoms with Gasteiger partial charge in [0, 0.05) is 0 Å². The standard InChI is InChI=1S/C11H12F4O/c1-2-3-10(16)8-5-4-7(12)6-9(8)11(13,14)15/h4-6,10,16H,2-3H2,1H3. The molecule has 0 radical (unpaired) electrons. The number of hydrogen-bond acceptors (Lipinski definition) is 1. The third-order valence-corrected chi connectivity index (χ3v) is 2.24. The summed E-state index contributed by atoms with van der Waals surface area (Å²) in [6.07, 6.45) is -5.08. The van der Waals surface area contributed by atoms with Gasteiger partial charge in [0.2, 0.25) is 0 Å². The Morgan fingerprint density at radius 3 is 2.44 bits per heavy atom. The molecule has 0 amide bonds. The van der Waals surface area contributed by atoms with Crippen LogP contribution in [0.15, 0.2) is 18.2 Å². The van der Waals surface area contributed by atoms with Crippen molar-refractivity contribution in [3.05, 3.63) is 35.1 Å². The van der Waals surface area contributed by atoms with Crippen LogP contribution in [-0.2, 0) is 6.18 Å². The predicted octanol–water partition coefficient (Wildman–Crippen LogP) is 3.68. The maximum atomic E-state index is 12.7. The molecule has 1 nitrogen and oxygen atoms in total. The molecule has 0 bridgehead atoms. The number of halogens is 4. The Morgan fingerprint density at radius 1 is 1.31 bits per heavy atom. The number of benzene rings is 1. The molecule has 5 heteroatoms. The fraction of sp³-hybridized carbons (Fsp3) is 0.455. The third kappa shape index (κ3) is 2.95. The lowest BCUT2D eigenvalue weighted by Crippen LogP contribution is -2.12. The maximum Gasteiger partial charge on any atom is 0.416 e. The first-order valence-corrected chi connectivity index (χ1v) is 4.91. The molecule has 0 saturated carbocycles. The summed E-state index contributed by atoms with van der Waals surface area (Å²) in [7, 11) is 0. The van der Waals surface area contributed by atoms with E-state index in [9.17, 15) is 22.7 Å². The van der Waals surface area contributed by atoms with Gasteiger partial charge in [0.25, 0.3) is 0 Å². The Hall–Kier alpha value is -1.10. The van der Waals surface area contributed by atoms with E-state index >= 15 is 0 Å². The van der Waals surface area contributed by atoms with Crippen molar-refractivity contribution >= 4 is 0 Å². The lowest BCUT2D eigenvalue weighted by Gasteiger charge is -2.17. The minimum Gasteiger partial charge on any atom is -0.388 e. The summed E-state index contributed by atoms with van der Waals surface area (Å²) in [4.78, 5) is 0. The summed E-state index contributed by atoms with van der Waals surface area (Å²) < 4.78 is 50.4. The van der Waals surface area contributed by atoms with Crippen molar-refractivity contribution in [1.29, 1.82) is 0 Å². The normalized spacial score (nSPS) is 13.9. The van der Waals surface area contributed by atoms with E-state index in [4.69, 9.17) is 0 Å². The fourth-order valence-corrected chi connectivity index (χ4v) is 1.49. The smallest absolute Gasteiger partial charge is 0.388 e. The molecule has 0 aromatic heterocycles. The monoisotopic (exact) mass is 236 g/mol. The van der Waals surface area contributed by atoms with Crippen LogP contribution < -0.4 is 0 Å². The molecule has 0 fully saturated rings. The van der Waals surface area contributed by atoms with Crippen LogP contribution in [0.1, 0.15) is 37.0 Å². The van der Waals surface area contributed by atoms with Gasteiger partial charge in [0.15, 0.2) is 0 Å². The Balaban J connectivity index is 3.18. The molecule has 0 spiro atoms. The highest BCUT2D eigenvalue weighted by molar-refractivity contribution is 5.32. The van der Waals surface area contributed by atoms with Crippen molar-refractivity contribution in [3.8, 4) is 0 Å². The van der Waals surface area contributed by atoms with E-state index in [0.29, 0.717) is 12.5 Å². The minimum absolute atomic E-state index is 0.217. The van der Waals surface area contributed by atoms with Crippen LogP contribution in [0.2, 0.25) is 0 Å². The summed E-state index contributed by atoms with van der Waals surface area (Å²) in [5.41, 5.74) is -1.37. The first-order valence-electron chi connectivity index (χ1n) is 4.91. The van der Waals surface area contributed by atoms with Crippen LogP contribution in [-0.4, -0.2) is 5.11 Å². The van der Waals surface area contributed by atoms with Gasteiger partial charge >= 0.3 is 6.18 Å². The quantitative estimate of drug-likeness (QED) is 0.794. The van der Waals surface area contributed by atoms with Crippen LogP contribution >= 0.6 is 0 Å². The molecular formula is C11H12F4O. The average Bonchev–Trinajstić information content (AvgIpc) is 2.16. The van der Waals surface area contributed by atoms with Crippen LogP contribution in [0.3, 0.4) is 0 Å². The molecule has 1 aromatic carbocycles. The lowest BCUT2D eigenvalue weighted by molar-refractivity contribution is -0.139. The van der Waals surface area contributed by atoms with Crippen molar-refractivity contribution in [1.82, 2.24) is 0 Å². The predicted molar refractivity (Wildman–Crippen MR) is 51.3 cm³/mol. The van der Waals surface area contributed by atoms with E-state index in [2.05, 4.69) is 0 Å². The van der Waals surface area contributed by atoms with Gasteiger partial charge in [-0.3, -0.25) is 0 Å². The number of aliphatic hydroxyl groups excluding tert-OH is 1. The van der Waals surface area contributed by atoms with E-state index < -0.39 is 23.7 Å². The molecule has 1 rings (SSSR count). The molecular weight excluding hydrogens is 224 g/mol. The van der Waals surface area contributed by atoms with Gasteiger partial charge in [0.1, 0.15) is 5.82 Å². The van der Waals surface area contributed by atoms with Crippen molar-refractivity contribution in [2.45, 2.75) is 32.0 Å². The number of rotatable bonds is 3. The van der Waals surface area contributed by atoms with Gasteiger partial charge in [-0.25, -0.2) is 4.39 Å². The molecule has 1 aromatic rings. The average molecular weight is 236 g/mol. The SMILES string of the molecule is CCCC(O)c1ccc(F)cc1C(F)(F)F. The van der Waals surface area contributed by atoms with E-state index in [0.717, 1.165) is 12.1 Å². The van der Waals surface area contributed by atoms with Crippen molar-refractivity contribution in [3.63, 3.8) is 0 Å². The van der Waals surface area contributed by atoms with Gasteiger partial charge < -0.3 is 5.11 Å². The van der Waals surface area contributed by atoms with Gasteiger partial charge in [-0.1, -0.05) is 19.4 Å². The molecule has 0 aliphatic rings.